The van der Waals surface area contributed by atoms with Crippen LogP contribution < -0.4 is 4.74 Å². The molecule has 176 valence electrons. The Morgan fingerprint density at radius 3 is 2.62 bits per heavy atom. The molecule has 0 amide bonds. The van der Waals surface area contributed by atoms with Crippen LogP contribution in [-0.2, 0) is 6.42 Å². The monoisotopic (exact) mass is 468 g/mol. The van der Waals surface area contributed by atoms with Crippen molar-refractivity contribution < 1.29 is 22.7 Å². The fourth-order valence-electron chi connectivity index (χ4n) is 4.62. The number of rotatable bonds is 5. The molecule has 2 aromatic heterocycles. The van der Waals surface area contributed by atoms with Gasteiger partial charge in [-0.05, 0) is 42.2 Å². The molecule has 2 aliphatic rings. The van der Waals surface area contributed by atoms with Crippen LogP contribution in [0.1, 0.15) is 54.1 Å². The Kier molecular flexibility index (Phi) is 5.71. The van der Waals surface area contributed by atoms with Gasteiger partial charge in [0.15, 0.2) is 11.6 Å². The minimum absolute atomic E-state index is 0.109. The van der Waals surface area contributed by atoms with Gasteiger partial charge in [-0.15, -0.1) is 0 Å². The predicted octanol–water partition coefficient (Wildman–Crippen LogP) is 5.74. The van der Waals surface area contributed by atoms with Crippen LogP contribution in [0.4, 0.5) is 19.0 Å². The largest absolute Gasteiger partial charge is 0.481 e. The Morgan fingerprint density at radius 1 is 1.12 bits per heavy atom. The van der Waals surface area contributed by atoms with Crippen LogP contribution in [0.15, 0.2) is 47.7 Å². The first-order chi connectivity index (χ1) is 16.3. The van der Waals surface area contributed by atoms with Crippen LogP contribution in [0, 0.1) is 5.82 Å². The number of carbonyl (C=O) groups excluding carboxylic acids is 1. The Labute approximate surface area is 194 Å². The number of aromatic nitrogens is 3. The van der Waals surface area contributed by atoms with Crippen molar-refractivity contribution in [2.45, 2.75) is 50.5 Å². The van der Waals surface area contributed by atoms with E-state index in [-0.39, 0.29) is 49.7 Å². The summed E-state index contributed by atoms with van der Waals surface area (Å²) < 4.78 is 48.1. The molecule has 9 heteroatoms. The second-order valence-corrected chi connectivity index (χ2v) is 8.76. The Hall–Kier alpha value is -3.49. The van der Waals surface area contributed by atoms with Gasteiger partial charge in [0.25, 0.3) is 0 Å². The summed E-state index contributed by atoms with van der Waals surface area (Å²) in [6.07, 6.45) is 3.71. The number of carbonyl (C=O) groups is 1. The minimum atomic E-state index is -2.65. The van der Waals surface area contributed by atoms with Gasteiger partial charge in [0, 0.05) is 42.8 Å². The van der Waals surface area contributed by atoms with Crippen LogP contribution in [-0.4, -0.2) is 39.3 Å². The number of methoxy groups -OCH3 is 1. The number of fused-ring (bicyclic) bond motifs is 1. The van der Waals surface area contributed by atoms with Crippen LogP contribution in [0.25, 0.3) is 11.1 Å². The van der Waals surface area contributed by atoms with Crippen molar-refractivity contribution in [2.24, 2.45) is 4.99 Å². The summed E-state index contributed by atoms with van der Waals surface area (Å²) in [7, 11) is 1.52. The normalized spacial score (nSPS) is 17.9. The van der Waals surface area contributed by atoms with Gasteiger partial charge in [-0.25, -0.2) is 27.8 Å². The molecule has 1 aliphatic heterocycles. The molecule has 0 N–H and O–H groups in total. The molecular formula is C25H23F3N4O2. The molecule has 5 rings (SSSR count). The van der Waals surface area contributed by atoms with Gasteiger partial charge in [-0.2, -0.15) is 5.10 Å². The summed E-state index contributed by atoms with van der Waals surface area (Å²) in [5.74, 6) is -2.27. The molecule has 6 nitrogen and oxygen atoms in total. The molecule has 1 aliphatic carbocycles. The van der Waals surface area contributed by atoms with E-state index in [4.69, 9.17) is 9.73 Å². The fraction of sp³-hybridized carbons (Fsp3) is 0.360. The maximum atomic E-state index is 14.1. The minimum Gasteiger partial charge on any atom is -0.481 e. The van der Waals surface area contributed by atoms with Crippen molar-refractivity contribution >= 4 is 17.3 Å². The molecule has 3 aromatic rings. The van der Waals surface area contributed by atoms with E-state index in [1.54, 1.807) is 29.1 Å². The van der Waals surface area contributed by atoms with E-state index in [0.717, 1.165) is 5.56 Å². The van der Waals surface area contributed by atoms with Gasteiger partial charge in [0.05, 0.1) is 31.3 Å². The number of hydrogen-bond donors (Lipinski definition) is 0. The summed E-state index contributed by atoms with van der Waals surface area (Å²) in [5, 5.41) is 4.33. The van der Waals surface area contributed by atoms with Crippen LogP contribution in [0.2, 0.25) is 0 Å². The number of benzene rings is 1. The maximum absolute atomic E-state index is 14.1. The third kappa shape index (κ3) is 4.34. The van der Waals surface area contributed by atoms with Gasteiger partial charge in [0.1, 0.15) is 5.82 Å². The molecule has 1 saturated carbocycles. The average Bonchev–Trinajstić information content (AvgIpc) is 3.25. The highest BCUT2D eigenvalue weighted by atomic mass is 19.3. The van der Waals surface area contributed by atoms with E-state index in [1.807, 2.05) is 0 Å². The van der Waals surface area contributed by atoms with E-state index >= 15 is 0 Å². The number of ketones is 1. The molecule has 3 heterocycles. The molecule has 0 unspecified atom stereocenters. The molecular weight excluding hydrogens is 445 g/mol. The number of ether oxygens (including phenoxy) is 1. The molecule has 34 heavy (non-hydrogen) atoms. The first-order valence-electron chi connectivity index (χ1n) is 11.2. The predicted molar refractivity (Wildman–Crippen MR) is 121 cm³/mol. The Bertz CT molecular complexity index is 1260. The van der Waals surface area contributed by atoms with Crippen molar-refractivity contribution in [2.75, 3.05) is 7.11 Å². The van der Waals surface area contributed by atoms with E-state index in [0.29, 0.717) is 40.5 Å². The van der Waals surface area contributed by atoms with Gasteiger partial charge >= 0.3 is 0 Å². The first-order valence-corrected chi connectivity index (χ1v) is 11.2. The summed E-state index contributed by atoms with van der Waals surface area (Å²) in [4.78, 5) is 21.8. The number of halogens is 3. The molecule has 1 fully saturated rings. The third-order valence-corrected chi connectivity index (χ3v) is 6.45. The van der Waals surface area contributed by atoms with Gasteiger partial charge in [-0.3, -0.25) is 4.79 Å². The Morgan fingerprint density at radius 2 is 1.91 bits per heavy atom. The molecule has 0 atom stereocenters. The lowest BCUT2D eigenvalue weighted by molar-refractivity contribution is -0.0448. The average molecular weight is 468 g/mol. The number of hydrogen-bond acceptors (Lipinski definition) is 5. The zero-order chi connectivity index (χ0) is 23.9. The molecule has 0 saturated heterocycles. The number of alkyl halides is 2. The molecule has 0 bridgehead atoms. The second-order valence-electron chi connectivity index (χ2n) is 8.76. The van der Waals surface area contributed by atoms with Crippen molar-refractivity contribution in [3.05, 3.63) is 59.7 Å². The van der Waals surface area contributed by atoms with Crippen molar-refractivity contribution in [1.29, 1.82) is 0 Å². The third-order valence-electron chi connectivity index (χ3n) is 6.45. The standard InChI is InChI=1S/C25H23F3N4O2/c1-34-23-5-3-16(13-29-23)20-11-17(26)4-2-15(20)10-18-12-22(33)21-14-30-32(24(21)31-18)19-6-8-25(27,28)9-7-19/h2-5,11,13-14,19H,6-10,12H2,1H3. The number of pyridine rings is 1. The summed E-state index contributed by atoms with van der Waals surface area (Å²) >= 11 is 0. The summed E-state index contributed by atoms with van der Waals surface area (Å²) in [5.41, 5.74) is 3.20. The maximum Gasteiger partial charge on any atom is 0.248 e. The van der Waals surface area contributed by atoms with Crippen LogP contribution >= 0.6 is 0 Å². The topological polar surface area (TPSA) is 69.4 Å². The first kappa shape index (κ1) is 22.3. The quantitative estimate of drug-likeness (QED) is 0.479. The number of nitrogens with zero attached hydrogens (tertiary/aromatic N) is 4. The Balaban J connectivity index is 1.46. The lowest BCUT2D eigenvalue weighted by atomic mass is 9.92. The second kappa shape index (κ2) is 8.70. The van der Waals surface area contributed by atoms with Crippen molar-refractivity contribution in [1.82, 2.24) is 14.8 Å². The smallest absolute Gasteiger partial charge is 0.248 e. The molecule has 0 radical (unpaired) electrons. The lowest BCUT2D eigenvalue weighted by Gasteiger charge is -2.29. The van der Waals surface area contributed by atoms with Crippen molar-refractivity contribution in [3.8, 4) is 17.0 Å². The van der Waals surface area contributed by atoms with E-state index in [1.165, 1.54) is 25.4 Å². The zero-order valence-electron chi connectivity index (χ0n) is 18.6. The number of Topliss-reactive ketones (excluding diaryl/α,β-unsaturated/α-hetero) is 1. The highest BCUT2D eigenvalue weighted by molar-refractivity contribution is 6.15. The SMILES string of the molecule is COc1ccc(-c2cc(F)ccc2CC2=Nc3c(cnn3C3CCC(F)(F)CC3)C(=O)C2)cn1. The van der Waals surface area contributed by atoms with Crippen LogP contribution in [0.3, 0.4) is 0 Å². The van der Waals surface area contributed by atoms with E-state index in [2.05, 4.69) is 10.1 Å². The van der Waals surface area contributed by atoms with E-state index in [9.17, 15) is 18.0 Å². The van der Waals surface area contributed by atoms with Gasteiger partial charge in [0.2, 0.25) is 11.8 Å². The zero-order valence-corrected chi connectivity index (χ0v) is 18.6. The molecule has 1 aromatic carbocycles. The molecule has 0 spiro atoms. The summed E-state index contributed by atoms with van der Waals surface area (Å²) in [6.45, 7) is 0. The van der Waals surface area contributed by atoms with Gasteiger partial charge < -0.3 is 4.74 Å². The highest BCUT2D eigenvalue weighted by Gasteiger charge is 2.37. The van der Waals surface area contributed by atoms with Crippen LogP contribution in [0.5, 0.6) is 5.88 Å². The number of aliphatic imine (C=N–C) groups is 1. The van der Waals surface area contributed by atoms with Gasteiger partial charge in [-0.1, -0.05) is 6.07 Å². The lowest BCUT2D eigenvalue weighted by Crippen LogP contribution is -2.27. The summed E-state index contributed by atoms with van der Waals surface area (Å²) in [6, 6.07) is 7.76. The fourth-order valence-corrected chi connectivity index (χ4v) is 4.62. The van der Waals surface area contributed by atoms with Crippen molar-refractivity contribution in [3.63, 3.8) is 0 Å². The van der Waals surface area contributed by atoms with E-state index < -0.39 is 5.92 Å². The highest BCUT2D eigenvalue weighted by Crippen LogP contribution is 2.41.